The second-order valence-corrected chi connectivity index (χ2v) is 2.96. The largest absolute Gasteiger partial charge is 0.478 e. The van der Waals surface area contributed by atoms with Gasteiger partial charge in [-0.3, -0.25) is 5.41 Å². The minimum Gasteiger partial charge on any atom is -0.478 e. The number of hydrogen-bond acceptors (Lipinski definition) is 3. The standard InChI is InChI=1S/C10H18N2O/c1-4-5-7-10(11)13-9-6-8-12(2)3/h4-5,7,11H,1,6,8-9H2,2-3H3/b7-5-,11-10?. The molecule has 13 heavy (non-hydrogen) atoms. The van der Waals surface area contributed by atoms with Gasteiger partial charge in [0.1, 0.15) is 0 Å². The predicted octanol–water partition coefficient (Wildman–Crippen LogP) is 1.67. The number of hydrogen-bond donors (Lipinski definition) is 1. The Kier molecular flexibility index (Phi) is 6.92. The van der Waals surface area contributed by atoms with Crippen LogP contribution in [-0.4, -0.2) is 38.0 Å². The van der Waals surface area contributed by atoms with Crippen molar-refractivity contribution in [2.45, 2.75) is 6.42 Å². The van der Waals surface area contributed by atoms with Crippen LogP contribution in [0.1, 0.15) is 6.42 Å². The summed E-state index contributed by atoms with van der Waals surface area (Å²) in [5.41, 5.74) is 0. The lowest BCUT2D eigenvalue weighted by Crippen LogP contribution is -2.15. The molecular weight excluding hydrogens is 164 g/mol. The Balaban J connectivity index is 3.37. The van der Waals surface area contributed by atoms with Crippen LogP contribution in [-0.2, 0) is 4.74 Å². The van der Waals surface area contributed by atoms with Crippen molar-refractivity contribution in [3.05, 3.63) is 24.8 Å². The first-order chi connectivity index (χ1) is 6.16. The van der Waals surface area contributed by atoms with Gasteiger partial charge in [-0.15, -0.1) is 0 Å². The maximum absolute atomic E-state index is 7.31. The molecule has 0 unspecified atom stereocenters. The number of nitrogens with zero attached hydrogens (tertiary/aromatic N) is 1. The van der Waals surface area contributed by atoms with Gasteiger partial charge in [-0.1, -0.05) is 18.7 Å². The molecule has 0 aromatic heterocycles. The van der Waals surface area contributed by atoms with Crippen LogP contribution in [0.2, 0.25) is 0 Å². The molecule has 3 heteroatoms. The fourth-order valence-electron chi connectivity index (χ4n) is 0.766. The molecule has 0 saturated carbocycles. The quantitative estimate of drug-likeness (QED) is 0.293. The molecule has 0 rings (SSSR count). The molecule has 0 bridgehead atoms. The topological polar surface area (TPSA) is 36.3 Å². The Morgan fingerprint density at radius 3 is 2.77 bits per heavy atom. The molecule has 0 fully saturated rings. The van der Waals surface area contributed by atoms with Crippen molar-refractivity contribution in [1.82, 2.24) is 4.90 Å². The third-order valence-electron chi connectivity index (χ3n) is 1.39. The summed E-state index contributed by atoms with van der Waals surface area (Å²) < 4.78 is 5.12. The van der Waals surface area contributed by atoms with Crippen molar-refractivity contribution in [2.75, 3.05) is 27.2 Å². The lowest BCUT2D eigenvalue weighted by atomic mass is 10.4. The first-order valence-corrected chi connectivity index (χ1v) is 4.32. The third kappa shape index (κ3) is 8.82. The summed E-state index contributed by atoms with van der Waals surface area (Å²) in [6.45, 7) is 5.09. The fourth-order valence-corrected chi connectivity index (χ4v) is 0.766. The Morgan fingerprint density at radius 2 is 2.23 bits per heavy atom. The number of nitrogens with one attached hydrogen (secondary N) is 1. The highest BCUT2D eigenvalue weighted by molar-refractivity contribution is 5.84. The third-order valence-corrected chi connectivity index (χ3v) is 1.39. The highest BCUT2D eigenvalue weighted by Gasteiger charge is 1.93. The lowest BCUT2D eigenvalue weighted by molar-refractivity contribution is 0.271. The lowest BCUT2D eigenvalue weighted by Gasteiger charge is -2.09. The van der Waals surface area contributed by atoms with Crippen LogP contribution in [0.4, 0.5) is 0 Å². The van der Waals surface area contributed by atoms with Gasteiger partial charge in [-0.25, -0.2) is 0 Å². The van der Waals surface area contributed by atoms with Crippen LogP contribution in [0.3, 0.4) is 0 Å². The number of ether oxygens (including phenoxy) is 1. The minimum atomic E-state index is 0.193. The van der Waals surface area contributed by atoms with E-state index < -0.39 is 0 Å². The predicted molar refractivity (Wildman–Crippen MR) is 56.2 cm³/mol. The van der Waals surface area contributed by atoms with Crippen molar-refractivity contribution in [3.8, 4) is 0 Å². The van der Waals surface area contributed by atoms with Crippen molar-refractivity contribution < 1.29 is 4.74 Å². The number of allylic oxidation sites excluding steroid dienone is 2. The average Bonchev–Trinajstić information content (AvgIpc) is 2.08. The SMILES string of the molecule is C=C/C=C\C(=N)OCCCN(C)C. The summed E-state index contributed by atoms with van der Waals surface area (Å²) in [6, 6.07) is 0. The second-order valence-electron chi connectivity index (χ2n) is 2.96. The first kappa shape index (κ1) is 11.9. The summed E-state index contributed by atoms with van der Waals surface area (Å²) in [5.74, 6) is 0.193. The van der Waals surface area contributed by atoms with Crippen LogP contribution < -0.4 is 0 Å². The number of rotatable bonds is 6. The van der Waals surface area contributed by atoms with E-state index >= 15 is 0 Å². The molecule has 0 radical (unpaired) electrons. The molecular formula is C10H18N2O. The zero-order valence-corrected chi connectivity index (χ0v) is 8.42. The molecule has 0 spiro atoms. The van der Waals surface area contributed by atoms with Gasteiger partial charge in [0.25, 0.3) is 0 Å². The van der Waals surface area contributed by atoms with E-state index in [1.54, 1.807) is 18.2 Å². The van der Waals surface area contributed by atoms with Gasteiger partial charge in [-0.05, 0) is 26.6 Å². The van der Waals surface area contributed by atoms with Crippen molar-refractivity contribution >= 4 is 5.90 Å². The van der Waals surface area contributed by atoms with Gasteiger partial charge in [0.2, 0.25) is 5.90 Å². The zero-order valence-electron chi connectivity index (χ0n) is 8.42. The molecule has 1 N–H and O–H groups in total. The Bertz CT molecular complexity index is 185. The van der Waals surface area contributed by atoms with Gasteiger partial charge in [0.15, 0.2) is 0 Å². The molecule has 74 valence electrons. The van der Waals surface area contributed by atoms with Gasteiger partial charge in [0, 0.05) is 6.54 Å². The highest BCUT2D eigenvalue weighted by Crippen LogP contribution is 1.88. The summed E-state index contributed by atoms with van der Waals surface area (Å²) >= 11 is 0. The molecule has 0 aliphatic rings. The smallest absolute Gasteiger partial charge is 0.205 e. The molecule has 0 saturated heterocycles. The molecule has 3 nitrogen and oxygen atoms in total. The van der Waals surface area contributed by atoms with E-state index in [0.717, 1.165) is 13.0 Å². The van der Waals surface area contributed by atoms with Gasteiger partial charge >= 0.3 is 0 Å². The fraction of sp³-hybridized carbons (Fsp3) is 0.500. The van der Waals surface area contributed by atoms with E-state index in [9.17, 15) is 0 Å². The monoisotopic (exact) mass is 182 g/mol. The first-order valence-electron chi connectivity index (χ1n) is 4.32. The van der Waals surface area contributed by atoms with Crippen molar-refractivity contribution in [3.63, 3.8) is 0 Å². The van der Waals surface area contributed by atoms with Gasteiger partial charge in [0.05, 0.1) is 6.61 Å². The van der Waals surface area contributed by atoms with E-state index in [0.29, 0.717) is 6.61 Å². The van der Waals surface area contributed by atoms with Crippen LogP contribution in [0.5, 0.6) is 0 Å². The maximum Gasteiger partial charge on any atom is 0.205 e. The van der Waals surface area contributed by atoms with E-state index in [1.165, 1.54) is 0 Å². The van der Waals surface area contributed by atoms with Crippen LogP contribution in [0.15, 0.2) is 24.8 Å². The van der Waals surface area contributed by atoms with E-state index in [1.807, 2.05) is 14.1 Å². The Labute approximate surface area is 80.2 Å². The van der Waals surface area contributed by atoms with E-state index in [-0.39, 0.29) is 5.90 Å². The zero-order chi connectivity index (χ0) is 10.1. The molecule has 0 aliphatic carbocycles. The van der Waals surface area contributed by atoms with Crippen LogP contribution >= 0.6 is 0 Å². The Hall–Kier alpha value is -1.09. The van der Waals surface area contributed by atoms with Crippen molar-refractivity contribution in [1.29, 1.82) is 5.41 Å². The normalized spacial score (nSPS) is 10.7. The summed E-state index contributed by atoms with van der Waals surface area (Å²) in [4.78, 5) is 2.09. The molecule has 0 aromatic rings. The molecule has 0 heterocycles. The van der Waals surface area contributed by atoms with Gasteiger partial charge < -0.3 is 9.64 Å². The Morgan fingerprint density at radius 1 is 1.54 bits per heavy atom. The summed E-state index contributed by atoms with van der Waals surface area (Å²) in [5, 5.41) is 7.31. The summed E-state index contributed by atoms with van der Waals surface area (Å²) in [7, 11) is 4.03. The maximum atomic E-state index is 7.31. The molecule has 0 atom stereocenters. The van der Waals surface area contributed by atoms with Crippen LogP contribution in [0, 0.1) is 5.41 Å². The van der Waals surface area contributed by atoms with E-state index in [2.05, 4.69) is 11.5 Å². The van der Waals surface area contributed by atoms with Gasteiger partial charge in [-0.2, -0.15) is 0 Å². The minimum absolute atomic E-state index is 0.193. The molecule has 0 aromatic carbocycles. The van der Waals surface area contributed by atoms with Crippen molar-refractivity contribution in [2.24, 2.45) is 0 Å². The second kappa shape index (κ2) is 7.55. The molecule has 0 aliphatic heterocycles. The van der Waals surface area contributed by atoms with E-state index in [4.69, 9.17) is 10.1 Å². The highest BCUT2D eigenvalue weighted by atomic mass is 16.5. The molecule has 0 amide bonds. The summed E-state index contributed by atoms with van der Waals surface area (Å²) in [6.07, 6.45) is 5.84. The average molecular weight is 182 g/mol. The van der Waals surface area contributed by atoms with Crippen LogP contribution in [0.25, 0.3) is 0 Å².